The van der Waals surface area contributed by atoms with Gasteiger partial charge in [0.05, 0.1) is 6.04 Å². The van der Waals surface area contributed by atoms with Crippen LogP contribution in [0.3, 0.4) is 0 Å². The van der Waals surface area contributed by atoms with Gasteiger partial charge >= 0.3 is 0 Å². The Kier molecular flexibility index (Phi) is 8.07. The zero-order chi connectivity index (χ0) is 14.1. The molecule has 1 unspecified atom stereocenters. The van der Waals surface area contributed by atoms with Crippen molar-refractivity contribution < 1.29 is 4.79 Å². The van der Waals surface area contributed by atoms with Crippen LogP contribution in [0.5, 0.6) is 0 Å². The van der Waals surface area contributed by atoms with E-state index in [9.17, 15) is 4.79 Å². The van der Waals surface area contributed by atoms with Crippen molar-refractivity contribution in [3.63, 3.8) is 0 Å². The molecule has 1 amide bonds. The van der Waals surface area contributed by atoms with Gasteiger partial charge in [0, 0.05) is 13.1 Å². The lowest BCUT2D eigenvalue weighted by atomic mass is 10.1. The molecular formula is C15H31N3O. The van der Waals surface area contributed by atoms with E-state index in [4.69, 9.17) is 0 Å². The fraction of sp³-hybridized carbons (Fsp3) is 0.933. The highest BCUT2D eigenvalue weighted by Gasteiger charge is 2.20. The lowest BCUT2D eigenvalue weighted by molar-refractivity contribution is -0.133. The Morgan fingerprint density at radius 2 is 1.74 bits per heavy atom. The number of rotatable bonds is 6. The highest BCUT2D eigenvalue weighted by atomic mass is 16.2. The molecule has 1 saturated heterocycles. The van der Waals surface area contributed by atoms with Crippen molar-refractivity contribution in [1.29, 1.82) is 0 Å². The molecule has 19 heavy (non-hydrogen) atoms. The van der Waals surface area contributed by atoms with Gasteiger partial charge in [-0.15, -0.1) is 0 Å². The molecule has 1 atom stereocenters. The van der Waals surface area contributed by atoms with Gasteiger partial charge in [-0.05, 0) is 53.4 Å². The molecule has 0 radical (unpaired) electrons. The molecule has 1 aliphatic rings. The Labute approximate surface area is 118 Å². The minimum atomic E-state index is -0.0402. The molecule has 0 aromatic carbocycles. The van der Waals surface area contributed by atoms with E-state index in [-0.39, 0.29) is 11.9 Å². The third-order valence-electron chi connectivity index (χ3n) is 3.77. The van der Waals surface area contributed by atoms with E-state index in [0.717, 1.165) is 32.6 Å². The van der Waals surface area contributed by atoms with Gasteiger partial charge in [-0.25, -0.2) is 0 Å². The second kappa shape index (κ2) is 9.32. The highest BCUT2D eigenvalue weighted by Crippen LogP contribution is 2.11. The van der Waals surface area contributed by atoms with E-state index in [0.29, 0.717) is 0 Å². The minimum Gasteiger partial charge on any atom is -0.341 e. The van der Waals surface area contributed by atoms with E-state index >= 15 is 0 Å². The number of amides is 1. The van der Waals surface area contributed by atoms with E-state index in [1.54, 1.807) is 0 Å². The number of hydrogen-bond acceptors (Lipinski definition) is 3. The first kappa shape index (κ1) is 16.4. The van der Waals surface area contributed by atoms with Crippen LogP contribution in [0, 0.1) is 0 Å². The summed E-state index contributed by atoms with van der Waals surface area (Å²) in [7, 11) is 4.16. The van der Waals surface area contributed by atoms with Crippen molar-refractivity contribution in [2.24, 2.45) is 0 Å². The molecule has 4 nitrogen and oxygen atoms in total. The first-order valence-corrected chi connectivity index (χ1v) is 7.78. The van der Waals surface area contributed by atoms with Gasteiger partial charge in [0.15, 0.2) is 0 Å². The van der Waals surface area contributed by atoms with Crippen molar-refractivity contribution in [2.45, 2.75) is 51.5 Å². The topological polar surface area (TPSA) is 35.6 Å². The predicted octanol–water partition coefficient (Wildman–Crippen LogP) is 1.71. The second-order valence-electron chi connectivity index (χ2n) is 5.93. The number of nitrogens with zero attached hydrogens (tertiary/aromatic N) is 2. The minimum absolute atomic E-state index is 0.0402. The van der Waals surface area contributed by atoms with Gasteiger partial charge in [-0.3, -0.25) is 4.79 Å². The van der Waals surface area contributed by atoms with Crippen LogP contribution in [0.4, 0.5) is 0 Å². The first-order valence-electron chi connectivity index (χ1n) is 7.78. The predicted molar refractivity (Wildman–Crippen MR) is 80.3 cm³/mol. The molecular weight excluding hydrogens is 238 g/mol. The van der Waals surface area contributed by atoms with E-state index in [2.05, 4.69) is 29.2 Å². The van der Waals surface area contributed by atoms with Crippen LogP contribution in [0.1, 0.15) is 45.4 Å². The fourth-order valence-corrected chi connectivity index (χ4v) is 2.54. The van der Waals surface area contributed by atoms with Crippen LogP contribution in [0.25, 0.3) is 0 Å². The Morgan fingerprint density at radius 1 is 1.16 bits per heavy atom. The van der Waals surface area contributed by atoms with Crippen molar-refractivity contribution in [1.82, 2.24) is 15.1 Å². The standard InChI is InChI=1S/C15H31N3O/c1-14(16-10-9-11-17(2)3)15(19)18-12-7-5-4-6-8-13-18/h14,16H,4-13H2,1-3H3. The van der Waals surface area contributed by atoms with Gasteiger partial charge in [-0.2, -0.15) is 0 Å². The highest BCUT2D eigenvalue weighted by molar-refractivity contribution is 5.81. The Bertz CT molecular complexity index is 248. The maximum atomic E-state index is 12.3. The number of hydrogen-bond donors (Lipinski definition) is 1. The average molecular weight is 269 g/mol. The Hall–Kier alpha value is -0.610. The first-order chi connectivity index (χ1) is 9.11. The molecule has 4 heteroatoms. The summed E-state index contributed by atoms with van der Waals surface area (Å²) < 4.78 is 0. The number of likely N-dealkylation sites (tertiary alicyclic amines) is 1. The van der Waals surface area contributed by atoms with Crippen molar-refractivity contribution in [2.75, 3.05) is 40.3 Å². The summed E-state index contributed by atoms with van der Waals surface area (Å²) in [6.07, 6.45) is 7.30. The molecule has 1 rings (SSSR count). The van der Waals surface area contributed by atoms with Crippen molar-refractivity contribution >= 4 is 5.91 Å². The van der Waals surface area contributed by atoms with Crippen LogP contribution >= 0.6 is 0 Å². The van der Waals surface area contributed by atoms with Crippen molar-refractivity contribution in [3.8, 4) is 0 Å². The number of carbonyl (C=O) groups is 1. The molecule has 1 aliphatic heterocycles. The smallest absolute Gasteiger partial charge is 0.239 e. The quantitative estimate of drug-likeness (QED) is 0.746. The van der Waals surface area contributed by atoms with Crippen LogP contribution in [-0.2, 0) is 4.79 Å². The maximum absolute atomic E-state index is 12.3. The zero-order valence-corrected chi connectivity index (χ0v) is 13.0. The third-order valence-corrected chi connectivity index (χ3v) is 3.77. The molecule has 0 bridgehead atoms. The summed E-state index contributed by atoms with van der Waals surface area (Å²) in [5.41, 5.74) is 0. The normalized spacial score (nSPS) is 19.1. The van der Waals surface area contributed by atoms with Crippen LogP contribution in [0.2, 0.25) is 0 Å². The fourth-order valence-electron chi connectivity index (χ4n) is 2.54. The van der Waals surface area contributed by atoms with Crippen LogP contribution in [-0.4, -0.2) is 62.0 Å². The maximum Gasteiger partial charge on any atom is 0.239 e. The summed E-state index contributed by atoms with van der Waals surface area (Å²) in [5.74, 6) is 0.284. The lowest BCUT2D eigenvalue weighted by Crippen LogP contribution is -2.46. The summed E-state index contributed by atoms with van der Waals surface area (Å²) in [4.78, 5) is 16.6. The van der Waals surface area contributed by atoms with Crippen LogP contribution in [0.15, 0.2) is 0 Å². The monoisotopic (exact) mass is 269 g/mol. The lowest BCUT2D eigenvalue weighted by Gasteiger charge is -2.28. The van der Waals surface area contributed by atoms with Crippen molar-refractivity contribution in [3.05, 3.63) is 0 Å². The Balaban J connectivity index is 2.25. The van der Waals surface area contributed by atoms with E-state index in [1.807, 2.05) is 6.92 Å². The SMILES string of the molecule is CC(NCCCN(C)C)C(=O)N1CCCCCCC1. The molecule has 1 N–H and O–H groups in total. The average Bonchev–Trinajstić information content (AvgIpc) is 2.33. The number of carbonyl (C=O) groups excluding carboxylic acids is 1. The zero-order valence-electron chi connectivity index (χ0n) is 13.0. The Morgan fingerprint density at radius 3 is 2.32 bits per heavy atom. The summed E-state index contributed by atoms with van der Waals surface area (Å²) >= 11 is 0. The van der Waals surface area contributed by atoms with Crippen LogP contribution < -0.4 is 5.32 Å². The molecule has 112 valence electrons. The molecule has 0 aromatic heterocycles. The van der Waals surface area contributed by atoms with E-state index < -0.39 is 0 Å². The van der Waals surface area contributed by atoms with Gasteiger partial charge in [0.2, 0.25) is 5.91 Å². The van der Waals surface area contributed by atoms with Gasteiger partial charge in [-0.1, -0.05) is 19.3 Å². The summed E-state index contributed by atoms with van der Waals surface area (Å²) in [5, 5.41) is 3.35. The van der Waals surface area contributed by atoms with Gasteiger partial charge < -0.3 is 15.1 Å². The summed E-state index contributed by atoms with van der Waals surface area (Å²) in [6, 6.07) is -0.0402. The third kappa shape index (κ3) is 6.92. The molecule has 1 heterocycles. The number of nitrogens with one attached hydrogen (secondary N) is 1. The molecule has 0 aliphatic carbocycles. The summed E-state index contributed by atoms with van der Waals surface area (Å²) in [6.45, 7) is 5.87. The molecule has 1 fully saturated rings. The van der Waals surface area contributed by atoms with E-state index in [1.165, 1.54) is 32.1 Å². The molecule has 0 aromatic rings. The molecule has 0 saturated carbocycles. The van der Waals surface area contributed by atoms with Gasteiger partial charge in [0.1, 0.15) is 0 Å². The molecule has 0 spiro atoms. The largest absolute Gasteiger partial charge is 0.341 e. The second-order valence-corrected chi connectivity index (χ2v) is 5.93. The van der Waals surface area contributed by atoms with Gasteiger partial charge in [0.25, 0.3) is 0 Å².